The van der Waals surface area contributed by atoms with Crippen molar-refractivity contribution >= 4 is 20.0 Å². The van der Waals surface area contributed by atoms with Crippen LogP contribution >= 0.6 is 0 Å². The highest BCUT2D eigenvalue weighted by atomic mass is 32.2. The molecule has 12 heavy (non-hydrogen) atoms. The van der Waals surface area contributed by atoms with E-state index < -0.39 is 20.0 Å². The molecule has 8 heteroatoms. The summed E-state index contributed by atoms with van der Waals surface area (Å²) in [7, 11) is -6.45. The molecule has 0 aromatic heterocycles. The van der Waals surface area contributed by atoms with Crippen LogP contribution in [0.3, 0.4) is 0 Å². The van der Waals surface area contributed by atoms with Gasteiger partial charge in [0, 0.05) is 13.1 Å². The summed E-state index contributed by atoms with van der Waals surface area (Å²) in [5, 5.41) is 0. The molecule has 2 N–H and O–H groups in total. The van der Waals surface area contributed by atoms with Crippen LogP contribution in [0.5, 0.6) is 0 Å². The normalized spacial score (nSPS) is 13.2. The van der Waals surface area contributed by atoms with Crippen molar-refractivity contribution in [2.75, 3.05) is 25.6 Å². The molecule has 74 valence electrons. The fraction of sp³-hybridized carbons (Fsp3) is 1.00. The SMILES string of the molecule is CS(=O)(=O)NCCNS(C)(=O)=O. The van der Waals surface area contributed by atoms with Gasteiger partial charge in [-0.05, 0) is 0 Å². The molecular formula is C4H12N2O4S2. The summed E-state index contributed by atoms with van der Waals surface area (Å²) in [6, 6.07) is 0. The first-order valence-corrected chi connectivity index (χ1v) is 6.88. The van der Waals surface area contributed by atoms with E-state index in [0.717, 1.165) is 12.5 Å². The second-order valence-electron chi connectivity index (χ2n) is 2.33. The van der Waals surface area contributed by atoms with Gasteiger partial charge in [0.25, 0.3) is 0 Å². The number of nitrogens with one attached hydrogen (secondary N) is 2. The van der Waals surface area contributed by atoms with Crippen molar-refractivity contribution in [2.45, 2.75) is 0 Å². The molecule has 0 aliphatic carbocycles. The highest BCUT2D eigenvalue weighted by Gasteiger charge is 2.01. The first-order valence-electron chi connectivity index (χ1n) is 3.10. The Morgan fingerprint density at radius 2 is 1.08 bits per heavy atom. The Hall–Kier alpha value is -0.180. The van der Waals surface area contributed by atoms with Crippen LogP contribution in [0, 0.1) is 0 Å². The van der Waals surface area contributed by atoms with Crippen LogP contribution < -0.4 is 9.44 Å². The third kappa shape index (κ3) is 9.82. The van der Waals surface area contributed by atoms with Gasteiger partial charge < -0.3 is 0 Å². The van der Waals surface area contributed by atoms with Crippen LogP contribution in [-0.2, 0) is 20.0 Å². The minimum atomic E-state index is -3.23. The lowest BCUT2D eigenvalue weighted by molar-refractivity contribution is 0.577. The molecule has 0 heterocycles. The zero-order valence-corrected chi connectivity index (χ0v) is 8.50. The molecule has 0 unspecified atom stereocenters. The maximum Gasteiger partial charge on any atom is 0.208 e. The number of hydrogen-bond donors (Lipinski definition) is 2. The quantitative estimate of drug-likeness (QED) is 0.524. The zero-order chi connectivity index (χ0) is 9.83. The van der Waals surface area contributed by atoms with Gasteiger partial charge in [-0.25, -0.2) is 26.3 Å². The molecular weight excluding hydrogens is 204 g/mol. The summed E-state index contributed by atoms with van der Waals surface area (Å²) < 4.78 is 46.1. The zero-order valence-electron chi connectivity index (χ0n) is 6.86. The van der Waals surface area contributed by atoms with E-state index in [0.29, 0.717) is 0 Å². The molecule has 0 saturated heterocycles. The number of sulfonamides is 2. The predicted molar refractivity (Wildman–Crippen MR) is 45.7 cm³/mol. The molecule has 0 aliphatic heterocycles. The highest BCUT2D eigenvalue weighted by molar-refractivity contribution is 7.89. The molecule has 6 nitrogen and oxygen atoms in total. The topological polar surface area (TPSA) is 92.3 Å². The third-order valence-corrected chi connectivity index (χ3v) is 2.31. The lowest BCUT2D eigenvalue weighted by Crippen LogP contribution is -2.33. The van der Waals surface area contributed by atoms with Gasteiger partial charge in [-0.2, -0.15) is 0 Å². The van der Waals surface area contributed by atoms with Crippen molar-refractivity contribution in [1.29, 1.82) is 0 Å². The Morgan fingerprint density at radius 3 is 1.25 bits per heavy atom. The first kappa shape index (κ1) is 11.8. The van der Waals surface area contributed by atoms with E-state index in [1.54, 1.807) is 0 Å². The fourth-order valence-electron chi connectivity index (χ4n) is 0.473. The smallest absolute Gasteiger partial charge is 0.208 e. The van der Waals surface area contributed by atoms with Crippen molar-refractivity contribution in [3.05, 3.63) is 0 Å². The van der Waals surface area contributed by atoms with E-state index in [9.17, 15) is 16.8 Å². The molecule has 0 radical (unpaired) electrons. The Balaban J connectivity index is 3.62. The maximum atomic E-state index is 10.5. The summed E-state index contributed by atoms with van der Waals surface area (Å²) in [5.41, 5.74) is 0. The van der Waals surface area contributed by atoms with Crippen LogP contribution in [0.25, 0.3) is 0 Å². The molecule has 0 aromatic carbocycles. The monoisotopic (exact) mass is 216 g/mol. The van der Waals surface area contributed by atoms with E-state index in [-0.39, 0.29) is 13.1 Å². The lowest BCUT2D eigenvalue weighted by Gasteiger charge is -2.02. The van der Waals surface area contributed by atoms with Crippen molar-refractivity contribution in [3.63, 3.8) is 0 Å². The summed E-state index contributed by atoms with van der Waals surface area (Å²) in [6.07, 6.45) is 2.01. The molecule has 0 saturated carbocycles. The second-order valence-corrected chi connectivity index (χ2v) is 6.00. The van der Waals surface area contributed by atoms with E-state index >= 15 is 0 Å². The number of hydrogen-bond acceptors (Lipinski definition) is 4. The average Bonchev–Trinajstić information content (AvgIpc) is 1.76. The standard InChI is InChI=1S/C4H12N2O4S2/c1-11(7,8)5-3-4-6-12(2,9)10/h5-6H,3-4H2,1-2H3. The van der Waals surface area contributed by atoms with Crippen molar-refractivity contribution in [3.8, 4) is 0 Å². The van der Waals surface area contributed by atoms with Crippen molar-refractivity contribution in [2.24, 2.45) is 0 Å². The molecule has 0 atom stereocenters. The van der Waals surface area contributed by atoms with Crippen LogP contribution in [0.15, 0.2) is 0 Å². The van der Waals surface area contributed by atoms with E-state index in [1.807, 2.05) is 0 Å². The van der Waals surface area contributed by atoms with Crippen LogP contribution in [0.4, 0.5) is 0 Å². The van der Waals surface area contributed by atoms with E-state index in [1.165, 1.54) is 0 Å². The minimum Gasteiger partial charge on any atom is -0.214 e. The Morgan fingerprint density at radius 1 is 0.833 bits per heavy atom. The van der Waals surface area contributed by atoms with Crippen molar-refractivity contribution in [1.82, 2.24) is 9.44 Å². The van der Waals surface area contributed by atoms with Crippen LogP contribution in [0.2, 0.25) is 0 Å². The Kier molecular flexibility index (Phi) is 4.11. The summed E-state index contributed by atoms with van der Waals surface area (Å²) >= 11 is 0. The summed E-state index contributed by atoms with van der Waals surface area (Å²) in [4.78, 5) is 0. The second kappa shape index (κ2) is 4.17. The Labute approximate surface area is 72.5 Å². The molecule has 0 fully saturated rings. The Bertz CT molecular complexity index is 283. The van der Waals surface area contributed by atoms with Gasteiger partial charge in [-0.15, -0.1) is 0 Å². The largest absolute Gasteiger partial charge is 0.214 e. The third-order valence-electron chi connectivity index (χ3n) is 0.854. The molecule has 0 aromatic rings. The van der Waals surface area contributed by atoms with Gasteiger partial charge in [-0.1, -0.05) is 0 Å². The van der Waals surface area contributed by atoms with Gasteiger partial charge in [-0.3, -0.25) is 0 Å². The van der Waals surface area contributed by atoms with E-state index in [4.69, 9.17) is 0 Å². The molecule has 0 amide bonds. The molecule has 0 rings (SSSR count). The highest BCUT2D eigenvalue weighted by Crippen LogP contribution is 1.74. The number of rotatable bonds is 5. The molecule has 0 aliphatic rings. The van der Waals surface area contributed by atoms with Crippen LogP contribution in [0.1, 0.15) is 0 Å². The van der Waals surface area contributed by atoms with E-state index in [2.05, 4.69) is 9.44 Å². The van der Waals surface area contributed by atoms with Crippen LogP contribution in [-0.4, -0.2) is 42.4 Å². The van der Waals surface area contributed by atoms with Gasteiger partial charge >= 0.3 is 0 Å². The van der Waals surface area contributed by atoms with Gasteiger partial charge in [0.1, 0.15) is 0 Å². The first-order chi connectivity index (χ1) is 5.21. The average molecular weight is 216 g/mol. The van der Waals surface area contributed by atoms with Gasteiger partial charge in [0.05, 0.1) is 12.5 Å². The molecule has 0 spiro atoms. The molecule has 0 bridgehead atoms. The minimum absolute atomic E-state index is 0.0614. The predicted octanol–water partition coefficient (Wildman–Crippen LogP) is -1.92. The summed E-state index contributed by atoms with van der Waals surface area (Å²) in [6.45, 7) is 0.123. The fourth-order valence-corrected chi connectivity index (χ4v) is 1.42. The maximum absolute atomic E-state index is 10.5. The van der Waals surface area contributed by atoms with Gasteiger partial charge in [0.2, 0.25) is 20.0 Å². The van der Waals surface area contributed by atoms with Gasteiger partial charge in [0.15, 0.2) is 0 Å². The van der Waals surface area contributed by atoms with Crippen molar-refractivity contribution < 1.29 is 16.8 Å². The summed E-state index contributed by atoms with van der Waals surface area (Å²) in [5.74, 6) is 0. The lowest BCUT2D eigenvalue weighted by atomic mass is 10.7.